The third kappa shape index (κ3) is 4.16. The Hall–Kier alpha value is -2.49. The molecule has 1 fully saturated rings. The van der Waals surface area contributed by atoms with Crippen molar-refractivity contribution < 1.29 is 22.9 Å². The van der Waals surface area contributed by atoms with E-state index in [4.69, 9.17) is 0 Å². The molecule has 1 heterocycles. The highest BCUT2D eigenvalue weighted by Gasteiger charge is 2.34. The Bertz CT molecular complexity index is 984. The summed E-state index contributed by atoms with van der Waals surface area (Å²) in [7, 11) is -2.15. The highest BCUT2D eigenvalue weighted by molar-refractivity contribution is 7.89. The highest BCUT2D eigenvalue weighted by Crippen LogP contribution is 2.21. The molecule has 0 bridgehead atoms. The molecule has 2 aromatic carbocycles. The molecule has 0 saturated carbocycles. The van der Waals surface area contributed by atoms with Gasteiger partial charge in [0, 0.05) is 7.05 Å². The van der Waals surface area contributed by atoms with Crippen molar-refractivity contribution in [3.63, 3.8) is 0 Å². The van der Waals surface area contributed by atoms with Crippen LogP contribution in [0.4, 0.5) is 4.79 Å². The van der Waals surface area contributed by atoms with E-state index in [9.17, 15) is 18.0 Å². The molecule has 28 heavy (non-hydrogen) atoms. The van der Waals surface area contributed by atoms with Crippen molar-refractivity contribution in [2.75, 3.05) is 33.2 Å². The van der Waals surface area contributed by atoms with E-state index in [2.05, 4.69) is 10.6 Å². The fourth-order valence-corrected chi connectivity index (χ4v) is 4.87. The number of hydrogen-bond acceptors (Lipinski definition) is 4. The largest absolute Gasteiger partial charge is 0.341 e. The maximum Gasteiger partial charge on any atom is 0.321 e. The van der Waals surface area contributed by atoms with Gasteiger partial charge in [-0.25, -0.2) is 13.2 Å². The maximum atomic E-state index is 13.0. The van der Waals surface area contributed by atoms with Gasteiger partial charge in [0.1, 0.15) is 0 Å². The van der Waals surface area contributed by atoms with E-state index in [0.29, 0.717) is 26.2 Å². The van der Waals surface area contributed by atoms with Crippen LogP contribution in [0.2, 0.25) is 0 Å². The Morgan fingerprint density at radius 1 is 1.07 bits per heavy atom. The van der Waals surface area contributed by atoms with Gasteiger partial charge >= 0.3 is 6.03 Å². The lowest BCUT2D eigenvalue weighted by molar-refractivity contribution is -0.917. The van der Waals surface area contributed by atoms with Gasteiger partial charge in [0.2, 0.25) is 10.0 Å². The van der Waals surface area contributed by atoms with E-state index in [1.165, 1.54) is 11.4 Å². The molecule has 1 saturated heterocycles. The van der Waals surface area contributed by atoms with Gasteiger partial charge in [0.15, 0.2) is 6.04 Å². The topological polar surface area (TPSA) is 100 Å². The van der Waals surface area contributed by atoms with Gasteiger partial charge in [-0.15, -0.1) is 0 Å². The first-order valence-electron chi connectivity index (χ1n) is 9.19. The molecular weight excluding hydrogens is 380 g/mol. The van der Waals surface area contributed by atoms with Gasteiger partial charge in [0.25, 0.3) is 5.91 Å². The fourth-order valence-electron chi connectivity index (χ4n) is 3.39. The van der Waals surface area contributed by atoms with Gasteiger partial charge in [0.05, 0.1) is 31.1 Å². The van der Waals surface area contributed by atoms with Crippen LogP contribution in [0, 0.1) is 0 Å². The summed E-state index contributed by atoms with van der Waals surface area (Å²) in [6.07, 6.45) is 0. The number of piperazine rings is 1. The smallest absolute Gasteiger partial charge is 0.321 e. The van der Waals surface area contributed by atoms with Crippen molar-refractivity contribution in [2.45, 2.75) is 17.9 Å². The Morgan fingerprint density at radius 3 is 2.36 bits per heavy atom. The summed E-state index contributed by atoms with van der Waals surface area (Å²) in [5.41, 5.74) is 0. The molecule has 9 heteroatoms. The van der Waals surface area contributed by atoms with Crippen LogP contribution in [0.15, 0.2) is 47.4 Å². The molecule has 1 atom stereocenters. The van der Waals surface area contributed by atoms with Gasteiger partial charge in [-0.2, -0.15) is 4.31 Å². The van der Waals surface area contributed by atoms with Crippen molar-refractivity contribution in [3.05, 3.63) is 42.5 Å². The minimum Gasteiger partial charge on any atom is -0.341 e. The second-order valence-corrected chi connectivity index (χ2v) is 8.80. The summed E-state index contributed by atoms with van der Waals surface area (Å²) in [6.45, 7) is 3.37. The molecule has 0 spiro atoms. The number of sulfonamides is 1. The second-order valence-electron chi connectivity index (χ2n) is 6.86. The fraction of sp³-hybridized carbons (Fsp3) is 0.368. The molecule has 1 aliphatic rings. The molecule has 2 aromatic rings. The van der Waals surface area contributed by atoms with Crippen molar-refractivity contribution >= 4 is 32.7 Å². The van der Waals surface area contributed by atoms with Crippen molar-refractivity contribution in [1.29, 1.82) is 0 Å². The van der Waals surface area contributed by atoms with Crippen LogP contribution in [-0.4, -0.2) is 63.9 Å². The van der Waals surface area contributed by atoms with E-state index >= 15 is 0 Å². The zero-order valence-electron chi connectivity index (χ0n) is 15.9. The molecule has 0 aliphatic carbocycles. The van der Waals surface area contributed by atoms with Crippen LogP contribution in [0.25, 0.3) is 10.8 Å². The normalized spacial score (nSPS) is 17.2. The number of quaternary nitrogens is 1. The standard InChI is InChI=1S/C19H24N4O4S/c1-14(18(24)21-19(25)20-2)22-9-11-23(12-10-22)28(26,27)17-8-7-15-5-3-4-6-16(15)13-17/h3-8,13-14H,9-12H2,1-2H3,(H2,20,21,24,25)/p+1/t14-/m0/s1. The van der Waals surface area contributed by atoms with E-state index < -0.39 is 22.1 Å². The molecule has 0 unspecified atom stereocenters. The number of carbonyl (C=O) groups is 2. The third-order valence-electron chi connectivity index (χ3n) is 5.19. The first kappa shape index (κ1) is 20.2. The molecular formula is C19H25N4O4S+. The number of urea groups is 1. The molecule has 150 valence electrons. The Morgan fingerprint density at radius 2 is 1.71 bits per heavy atom. The molecule has 0 radical (unpaired) electrons. The summed E-state index contributed by atoms with van der Waals surface area (Å²) >= 11 is 0. The average Bonchev–Trinajstić information content (AvgIpc) is 2.72. The predicted octanol–water partition coefficient (Wildman–Crippen LogP) is -0.427. The van der Waals surface area contributed by atoms with Gasteiger partial charge in [-0.1, -0.05) is 30.3 Å². The van der Waals surface area contributed by atoms with Gasteiger partial charge in [-0.05, 0) is 29.8 Å². The molecule has 1 aliphatic heterocycles. The first-order valence-corrected chi connectivity index (χ1v) is 10.6. The van der Waals surface area contributed by atoms with Gasteiger partial charge in [-0.3, -0.25) is 10.1 Å². The number of benzene rings is 2. The Balaban J connectivity index is 1.67. The maximum absolute atomic E-state index is 13.0. The van der Waals surface area contributed by atoms with Crippen molar-refractivity contribution in [2.24, 2.45) is 0 Å². The lowest BCUT2D eigenvalue weighted by atomic mass is 10.1. The van der Waals surface area contributed by atoms with Crippen LogP contribution in [-0.2, 0) is 14.8 Å². The number of rotatable bonds is 4. The van der Waals surface area contributed by atoms with Crippen LogP contribution in [0.1, 0.15) is 6.92 Å². The average molecular weight is 406 g/mol. The summed E-state index contributed by atoms with van der Waals surface area (Å²) in [6, 6.07) is 11.8. The molecule has 3 rings (SSSR count). The molecule has 8 nitrogen and oxygen atoms in total. The number of nitrogens with zero attached hydrogens (tertiary/aromatic N) is 1. The highest BCUT2D eigenvalue weighted by atomic mass is 32.2. The zero-order valence-corrected chi connectivity index (χ0v) is 16.8. The molecule has 3 amide bonds. The Labute approximate surface area is 164 Å². The van der Waals surface area contributed by atoms with Crippen LogP contribution in [0.3, 0.4) is 0 Å². The van der Waals surface area contributed by atoms with Crippen molar-refractivity contribution in [1.82, 2.24) is 14.9 Å². The molecule has 0 aromatic heterocycles. The van der Waals surface area contributed by atoms with E-state index in [1.54, 1.807) is 19.1 Å². The minimum atomic E-state index is -3.59. The van der Waals surface area contributed by atoms with Crippen LogP contribution in [0.5, 0.6) is 0 Å². The third-order valence-corrected chi connectivity index (χ3v) is 7.09. The lowest BCUT2D eigenvalue weighted by Gasteiger charge is -2.34. The number of fused-ring (bicyclic) bond motifs is 1. The number of amides is 3. The predicted molar refractivity (Wildman–Crippen MR) is 105 cm³/mol. The van der Waals surface area contributed by atoms with Crippen LogP contribution >= 0.6 is 0 Å². The number of nitrogens with one attached hydrogen (secondary N) is 3. The number of hydrogen-bond donors (Lipinski definition) is 3. The Kier molecular flexibility index (Phi) is 5.97. The van der Waals surface area contributed by atoms with E-state index in [-0.39, 0.29) is 10.8 Å². The first-order chi connectivity index (χ1) is 13.3. The number of imide groups is 1. The SMILES string of the molecule is CNC(=O)NC(=O)[C@H](C)[NH+]1CCN(S(=O)(=O)c2ccc3ccccc3c2)CC1. The number of carbonyl (C=O) groups excluding carboxylic acids is 2. The van der Waals surface area contributed by atoms with E-state index in [1.807, 2.05) is 30.3 Å². The molecule has 3 N–H and O–H groups in total. The summed E-state index contributed by atoms with van der Waals surface area (Å²) in [4.78, 5) is 24.6. The monoisotopic (exact) mass is 405 g/mol. The van der Waals surface area contributed by atoms with Crippen LogP contribution < -0.4 is 15.5 Å². The van der Waals surface area contributed by atoms with Crippen molar-refractivity contribution in [3.8, 4) is 0 Å². The summed E-state index contributed by atoms with van der Waals surface area (Å²) in [5, 5.41) is 6.49. The zero-order chi connectivity index (χ0) is 20.3. The minimum absolute atomic E-state index is 0.278. The quantitative estimate of drug-likeness (QED) is 0.643. The second kappa shape index (κ2) is 8.26. The lowest BCUT2D eigenvalue weighted by Crippen LogP contribution is -3.19. The summed E-state index contributed by atoms with van der Waals surface area (Å²) < 4.78 is 27.5. The van der Waals surface area contributed by atoms with Gasteiger partial charge < -0.3 is 10.2 Å². The summed E-state index contributed by atoms with van der Waals surface area (Å²) in [5.74, 6) is -0.375. The van der Waals surface area contributed by atoms with E-state index in [0.717, 1.165) is 15.7 Å².